The Hall–Kier alpha value is -2.81. The Labute approximate surface area is 150 Å². The number of fused-ring (bicyclic) bond motifs is 1. The van der Waals surface area contributed by atoms with E-state index < -0.39 is 0 Å². The van der Waals surface area contributed by atoms with Crippen LogP contribution in [0.1, 0.15) is 10.5 Å². The molecule has 3 atom stereocenters. The summed E-state index contributed by atoms with van der Waals surface area (Å²) in [4.78, 5) is 30.6. The van der Waals surface area contributed by atoms with Gasteiger partial charge in [0.15, 0.2) is 0 Å². The summed E-state index contributed by atoms with van der Waals surface area (Å²) in [7, 11) is 1.59. The molecule has 0 aromatic carbocycles. The van der Waals surface area contributed by atoms with E-state index in [4.69, 9.17) is 9.47 Å². The molecule has 2 aromatic heterocycles. The van der Waals surface area contributed by atoms with Crippen LogP contribution in [0, 0.1) is 11.8 Å². The van der Waals surface area contributed by atoms with Crippen LogP contribution in [0.15, 0.2) is 31.0 Å². The lowest BCUT2D eigenvalue weighted by molar-refractivity contribution is 0.0934. The maximum Gasteiger partial charge on any atom is 0.271 e. The van der Waals surface area contributed by atoms with Crippen LogP contribution < -0.4 is 15.0 Å². The Morgan fingerprint density at radius 2 is 2.27 bits per heavy atom. The van der Waals surface area contributed by atoms with Crippen LogP contribution >= 0.6 is 0 Å². The lowest BCUT2D eigenvalue weighted by Gasteiger charge is -2.21. The third kappa shape index (κ3) is 3.30. The van der Waals surface area contributed by atoms with Crippen molar-refractivity contribution in [1.82, 2.24) is 25.3 Å². The highest BCUT2D eigenvalue weighted by Gasteiger charge is 2.44. The van der Waals surface area contributed by atoms with Gasteiger partial charge in [0.05, 0.1) is 26.0 Å². The second-order valence-corrected chi connectivity index (χ2v) is 6.42. The van der Waals surface area contributed by atoms with Crippen LogP contribution in [0.3, 0.4) is 0 Å². The van der Waals surface area contributed by atoms with Crippen LogP contribution in [0.5, 0.6) is 5.88 Å². The molecule has 2 saturated heterocycles. The molecule has 4 rings (SSSR count). The number of rotatable bonds is 5. The summed E-state index contributed by atoms with van der Waals surface area (Å²) in [5.41, 5.74) is 0.323. The van der Waals surface area contributed by atoms with E-state index in [1.165, 1.54) is 18.7 Å². The van der Waals surface area contributed by atoms with Gasteiger partial charge in [-0.05, 0) is 0 Å². The minimum Gasteiger partial charge on any atom is -0.481 e. The van der Waals surface area contributed by atoms with Crippen molar-refractivity contribution in [3.8, 4) is 5.88 Å². The topological polar surface area (TPSA) is 102 Å². The average molecular weight is 356 g/mol. The maximum atomic E-state index is 12.2. The average Bonchev–Trinajstić information content (AvgIpc) is 3.28. The molecule has 2 aliphatic heterocycles. The number of aromatic nitrogens is 4. The minimum absolute atomic E-state index is 0.148. The Morgan fingerprint density at radius 3 is 3.08 bits per heavy atom. The van der Waals surface area contributed by atoms with E-state index in [9.17, 15) is 4.79 Å². The first-order chi connectivity index (χ1) is 12.7. The van der Waals surface area contributed by atoms with Crippen molar-refractivity contribution >= 4 is 11.7 Å². The van der Waals surface area contributed by atoms with Gasteiger partial charge in [0, 0.05) is 49.9 Å². The zero-order chi connectivity index (χ0) is 17.9. The normalized spacial score (nSPS) is 24.3. The van der Waals surface area contributed by atoms with E-state index in [1.807, 2.05) is 6.07 Å². The highest BCUT2D eigenvalue weighted by molar-refractivity contribution is 5.91. The van der Waals surface area contributed by atoms with Crippen LogP contribution in [0.2, 0.25) is 0 Å². The summed E-state index contributed by atoms with van der Waals surface area (Å²) in [6, 6.07) is 1.83. The number of carbonyl (C=O) groups is 1. The molecule has 0 spiro atoms. The predicted molar refractivity (Wildman–Crippen MR) is 91.9 cm³/mol. The Kier molecular flexibility index (Phi) is 4.61. The van der Waals surface area contributed by atoms with Gasteiger partial charge in [-0.1, -0.05) is 0 Å². The fraction of sp³-hybridized carbons (Fsp3) is 0.471. The minimum atomic E-state index is -0.211. The Bertz CT molecular complexity index is 774. The Morgan fingerprint density at radius 1 is 1.35 bits per heavy atom. The van der Waals surface area contributed by atoms with Crippen molar-refractivity contribution in [1.29, 1.82) is 0 Å². The molecule has 0 radical (unpaired) electrons. The summed E-state index contributed by atoms with van der Waals surface area (Å²) in [6.45, 7) is 2.81. The van der Waals surface area contributed by atoms with Crippen LogP contribution in [-0.2, 0) is 4.74 Å². The predicted octanol–water partition coefficient (Wildman–Crippen LogP) is 0.156. The van der Waals surface area contributed by atoms with Gasteiger partial charge in [-0.2, -0.15) is 0 Å². The first-order valence-electron chi connectivity index (χ1n) is 8.51. The molecule has 136 valence electrons. The van der Waals surface area contributed by atoms with Gasteiger partial charge in [-0.3, -0.25) is 9.78 Å². The van der Waals surface area contributed by atoms with Crippen molar-refractivity contribution in [3.63, 3.8) is 0 Å². The summed E-state index contributed by atoms with van der Waals surface area (Å²) < 4.78 is 11.1. The zero-order valence-electron chi connectivity index (χ0n) is 14.4. The van der Waals surface area contributed by atoms with Gasteiger partial charge < -0.3 is 19.7 Å². The lowest BCUT2D eigenvalue weighted by Crippen LogP contribution is -2.34. The van der Waals surface area contributed by atoms with Gasteiger partial charge in [-0.15, -0.1) is 0 Å². The molecule has 26 heavy (non-hydrogen) atoms. The van der Waals surface area contributed by atoms with Crippen molar-refractivity contribution < 1.29 is 14.3 Å². The fourth-order valence-corrected chi connectivity index (χ4v) is 3.54. The first kappa shape index (κ1) is 16.6. The molecule has 4 heterocycles. The van der Waals surface area contributed by atoms with E-state index in [0.717, 1.165) is 18.9 Å². The van der Waals surface area contributed by atoms with Gasteiger partial charge in [0.25, 0.3) is 5.91 Å². The van der Waals surface area contributed by atoms with Gasteiger partial charge in [0.1, 0.15) is 17.8 Å². The maximum absolute atomic E-state index is 12.2. The molecular weight excluding hydrogens is 336 g/mol. The van der Waals surface area contributed by atoms with E-state index in [0.29, 0.717) is 30.6 Å². The number of hydrogen-bond donors (Lipinski definition) is 1. The molecule has 0 saturated carbocycles. The molecule has 9 heteroatoms. The number of ether oxygens (including phenoxy) is 2. The first-order valence-corrected chi connectivity index (χ1v) is 8.51. The SMILES string of the molecule is COc1cc(N2C[C@H]3[C@@H](CNC(=O)c4cnccn4)CO[C@H]3C2)ncn1. The third-order valence-corrected chi connectivity index (χ3v) is 4.92. The fourth-order valence-electron chi connectivity index (χ4n) is 3.54. The monoisotopic (exact) mass is 356 g/mol. The van der Waals surface area contributed by atoms with E-state index in [-0.39, 0.29) is 17.9 Å². The highest BCUT2D eigenvalue weighted by atomic mass is 16.5. The smallest absolute Gasteiger partial charge is 0.271 e. The van der Waals surface area contributed by atoms with Crippen molar-refractivity contribution in [2.75, 3.05) is 38.3 Å². The van der Waals surface area contributed by atoms with Crippen LogP contribution in [-0.4, -0.2) is 65.3 Å². The number of carbonyl (C=O) groups excluding carboxylic acids is 1. The molecule has 9 nitrogen and oxygen atoms in total. The molecule has 1 amide bonds. The van der Waals surface area contributed by atoms with E-state index in [2.05, 4.69) is 30.2 Å². The van der Waals surface area contributed by atoms with E-state index in [1.54, 1.807) is 13.3 Å². The number of methoxy groups -OCH3 is 1. The van der Waals surface area contributed by atoms with Gasteiger partial charge in [-0.25, -0.2) is 15.0 Å². The second kappa shape index (κ2) is 7.20. The summed E-state index contributed by atoms with van der Waals surface area (Å²) in [6.07, 6.45) is 6.16. The third-order valence-electron chi connectivity index (χ3n) is 4.92. The number of amides is 1. The number of anilines is 1. The molecule has 0 aliphatic carbocycles. The van der Waals surface area contributed by atoms with Crippen LogP contribution in [0.4, 0.5) is 5.82 Å². The number of nitrogens with zero attached hydrogens (tertiary/aromatic N) is 5. The Balaban J connectivity index is 1.36. The molecule has 2 aromatic rings. The zero-order valence-corrected chi connectivity index (χ0v) is 14.4. The summed E-state index contributed by atoms with van der Waals surface area (Å²) in [5.74, 6) is 1.77. The highest BCUT2D eigenvalue weighted by Crippen LogP contribution is 2.35. The summed E-state index contributed by atoms with van der Waals surface area (Å²) in [5, 5.41) is 2.94. The summed E-state index contributed by atoms with van der Waals surface area (Å²) >= 11 is 0. The quantitative estimate of drug-likeness (QED) is 0.808. The number of nitrogens with one attached hydrogen (secondary N) is 1. The molecule has 1 N–H and O–H groups in total. The molecular formula is C17H20N6O3. The molecule has 0 bridgehead atoms. The van der Waals surface area contributed by atoms with Gasteiger partial charge >= 0.3 is 0 Å². The second-order valence-electron chi connectivity index (χ2n) is 6.42. The van der Waals surface area contributed by atoms with Gasteiger partial charge in [0.2, 0.25) is 5.88 Å². The standard InChI is InChI=1S/C17H20N6O3/c1-25-16-4-15(21-10-22-16)23-7-12-11(9-26-14(12)8-23)5-20-17(24)13-6-18-2-3-19-13/h2-4,6,10-12,14H,5,7-9H2,1H3,(H,20,24)/t11-,12-,14-/m0/s1. The molecule has 2 fully saturated rings. The molecule has 0 unspecified atom stereocenters. The largest absolute Gasteiger partial charge is 0.481 e. The van der Waals surface area contributed by atoms with Crippen LogP contribution in [0.25, 0.3) is 0 Å². The number of hydrogen-bond acceptors (Lipinski definition) is 8. The van der Waals surface area contributed by atoms with E-state index >= 15 is 0 Å². The lowest BCUT2D eigenvalue weighted by atomic mass is 9.93. The van der Waals surface area contributed by atoms with Crippen molar-refractivity contribution in [2.45, 2.75) is 6.10 Å². The van der Waals surface area contributed by atoms with Crippen molar-refractivity contribution in [2.24, 2.45) is 11.8 Å². The molecule has 2 aliphatic rings. The van der Waals surface area contributed by atoms with Crippen molar-refractivity contribution in [3.05, 3.63) is 36.7 Å².